The van der Waals surface area contributed by atoms with Gasteiger partial charge in [0.25, 0.3) is 5.56 Å². The molecule has 0 bridgehead atoms. The number of fused-ring (bicyclic) bond motifs is 1. The van der Waals surface area contributed by atoms with Crippen LogP contribution in [-0.4, -0.2) is 28.1 Å². The van der Waals surface area contributed by atoms with Crippen LogP contribution >= 0.6 is 0 Å². The summed E-state index contributed by atoms with van der Waals surface area (Å²) in [6.45, 7) is 6.34. The Bertz CT molecular complexity index is 1150. The monoisotopic (exact) mass is 434 g/mol. The molecule has 0 aliphatic rings. The summed E-state index contributed by atoms with van der Waals surface area (Å²) >= 11 is 0. The van der Waals surface area contributed by atoms with Crippen LogP contribution in [0, 0.1) is 0 Å². The number of ketones is 1. The topological polar surface area (TPSA) is 78.3 Å². The molecule has 0 amide bonds. The number of unbranched alkanes of at least 4 members (excludes halogenated alkanes) is 3. The minimum atomic E-state index is -0.712. The number of hydrogen-bond acceptors (Lipinski definition) is 5. The average molecular weight is 435 g/mol. The molecule has 32 heavy (non-hydrogen) atoms. The molecular weight excluding hydrogens is 404 g/mol. The Labute approximate surface area is 188 Å². The van der Waals surface area contributed by atoms with Crippen molar-refractivity contribution < 1.29 is 14.3 Å². The first-order valence-corrected chi connectivity index (χ1v) is 11.2. The molecule has 1 aromatic heterocycles. The Morgan fingerprint density at radius 2 is 1.66 bits per heavy atom. The minimum Gasteiger partial charge on any atom is -0.452 e. The van der Waals surface area contributed by atoms with E-state index in [-0.39, 0.29) is 23.6 Å². The summed E-state index contributed by atoms with van der Waals surface area (Å²) in [6.07, 6.45) is 3.96. The number of aryl methyl sites for hydroxylation is 1. The van der Waals surface area contributed by atoms with Crippen LogP contribution in [0.15, 0.2) is 53.3 Å². The van der Waals surface area contributed by atoms with Crippen LogP contribution in [0.25, 0.3) is 10.8 Å². The molecule has 6 nitrogen and oxygen atoms in total. The van der Waals surface area contributed by atoms with Crippen molar-refractivity contribution in [2.24, 2.45) is 0 Å². The van der Waals surface area contributed by atoms with Gasteiger partial charge in [0.2, 0.25) is 0 Å². The van der Waals surface area contributed by atoms with Crippen LogP contribution in [0.4, 0.5) is 0 Å². The quantitative estimate of drug-likeness (QED) is 0.251. The summed E-state index contributed by atoms with van der Waals surface area (Å²) in [6, 6.07) is 14.2. The maximum absolute atomic E-state index is 12.8. The molecule has 0 saturated heterocycles. The van der Waals surface area contributed by atoms with E-state index in [1.807, 2.05) is 12.1 Å². The van der Waals surface area contributed by atoms with E-state index in [1.165, 1.54) is 4.68 Å². The highest BCUT2D eigenvalue weighted by Crippen LogP contribution is 2.17. The summed E-state index contributed by atoms with van der Waals surface area (Å²) in [5, 5.41) is 5.15. The molecule has 0 N–H and O–H groups in total. The molecule has 0 saturated carbocycles. The van der Waals surface area contributed by atoms with E-state index in [0.29, 0.717) is 28.8 Å². The second-order valence-electron chi connectivity index (χ2n) is 8.26. The summed E-state index contributed by atoms with van der Waals surface area (Å²) in [5.74, 6) is -0.629. The molecule has 0 spiro atoms. The van der Waals surface area contributed by atoms with Crippen molar-refractivity contribution in [3.63, 3.8) is 0 Å². The number of carbonyl (C=O) groups is 2. The zero-order valence-corrected chi connectivity index (χ0v) is 19.0. The molecule has 6 heteroatoms. The van der Waals surface area contributed by atoms with Gasteiger partial charge in [-0.3, -0.25) is 9.59 Å². The zero-order valence-electron chi connectivity index (χ0n) is 19.0. The number of ether oxygens (including phenoxy) is 1. The molecule has 0 unspecified atom stereocenters. The van der Waals surface area contributed by atoms with Crippen molar-refractivity contribution in [1.82, 2.24) is 9.78 Å². The van der Waals surface area contributed by atoms with E-state index in [9.17, 15) is 14.4 Å². The smallest absolute Gasteiger partial charge is 0.359 e. The van der Waals surface area contributed by atoms with Gasteiger partial charge in [0.15, 0.2) is 18.1 Å². The van der Waals surface area contributed by atoms with Gasteiger partial charge in [0.1, 0.15) is 0 Å². The van der Waals surface area contributed by atoms with Gasteiger partial charge in [-0.25, -0.2) is 9.48 Å². The van der Waals surface area contributed by atoms with Crippen LogP contribution in [0.1, 0.15) is 78.8 Å². The lowest BCUT2D eigenvalue weighted by Gasteiger charge is -2.11. The van der Waals surface area contributed by atoms with Gasteiger partial charge in [-0.05, 0) is 24.0 Å². The SMILES string of the molecule is CCCCCCn1nc(C(=O)OCC(=O)c2ccc(C(C)C)cc2)c2ccccc2c1=O. The molecule has 2 aromatic carbocycles. The second kappa shape index (κ2) is 10.8. The first kappa shape index (κ1) is 23.4. The van der Waals surface area contributed by atoms with Crippen LogP contribution in [0.5, 0.6) is 0 Å². The molecule has 168 valence electrons. The number of hydrogen-bond donors (Lipinski definition) is 0. The maximum atomic E-state index is 12.8. The fourth-order valence-corrected chi connectivity index (χ4v) is 3.56. The molecular formula is C26H30N2O4. The highest BCUT2D eigenvalue weighted by atomic mass is 16.5. The van der Waals surface area contributed by atoms with E-state index in [1.54, 1.807) is 36.4 Å². The maximum Gasteiger partial charge on any atom is 0.359 e. The van der Waals surface area contributed by atoms with Crippen LogP contribution in [-0.2, 0) is 11.3 Å². The van der Waals surface area contributed by atoms with Gasteiger partial charge in [-0.15, -0.1) is 0 Å². The van der Waals surface area contributed by atoms with Crippen molar-refractivity contribution in [3.8, 4) is 0 Å². The number of rotatable bonds is 10. The van der Waals surface area contributed by atoms with Gasteiger partial charge in [-0.2, -0.15) is 5.10 Å². The standard InChI is InChI=1S/C26H30N2O4/c1-4-5-6-9-16-28-25(30)22-11-8-7-10-21(22)24(27-28)26(31)32-17-23(29)20-14-12-19(13-15-20)18(2)3/h7-8,10-15,18H,4-6,9,16-17H2,1-3H3. The Morgan fingerprint density at radius 3 is 2.31 bits per heavy atom. The Morgan fingerprint density at radius 1 is 0.969 bits per heavy atom. The summed E-state index contributed by atoms with van der Waals surface area (Å²) in [5.41, 5.74) is 1.45. The summed E-state index contributed by atoms with van der Waals surface area (Å²) in [7, 11) is 0. The Kier molecular flexibility index (Phi) is 7.92. The lowest BCUT2D eigenvalue weighted by atomic mass is 10.0. The molecule has 1 heterocycles. The van der Waals surface area contributed by atoms with E-state index >= 15 is 0 Å². The third-order valence-electron chi connectivity index (χ3n) is 5.52. The Hall–Kier alpha value is -3.28. The summed E-state index contributed by atoms with van der Waals surface area (Å²) < 4.78 is 6.64. The van der Waals surface area contributed by atoms with E-state index < -0.39 is 5.97 Å². The number of nitrogens with zero attached hydrogens (tertiary/aromatic N) is 2. The van der Waals surface area contributed by atoms with Crippen LogP contribution < -0.4 is 5.56 Å². The van der Waals surface area contributed by atoms with Gasteiger partial charge >= 0.3 is 5.97 Å². The fraction of sp³-hybridized carbons (Fsp3) is 0.385. The highest BCUT2D eigenvalue weighted by molar-refractivity contribution is 6.04. The second-order valence-corrected chi connectivity index (χ2v) is 8.26. The predicted octanol–water partition coefficient (Wildman–Crippen LogP) is 5.14. The van der Waals surface area contributed by atoms with E-state index in [4.69, 9.17) is 4.74 Å². The van der Waals surface area contributed by atoms with Gasteiger partial charge < -0.3 is 4.74 Å². The molecule has 0 atom stereocenters. The van der Waals surface area contributed by atoms with E-state index in [2.05, 4.69) is 25.9 Å². The van der Waals surface area contributed by atoms with Gasteiger partial charge in [0, 0.05) is 17.5 Å². The first-order chi connectivity index (χ1) is 15.4. The van der Waals surface area contributed by atoms with Crippen LogP contribution in [0.3, 0.4) is 0 Å². The van der Waals surface area contributed by atoms with Gasteiger partial charge in [-0.1, -0.05) is 82.5 Å². The van der Waals surface area contributed by atoms with Crippen molar-refractivity contribution in [3.05, 3.63) is 75.7 Å². The molecule has 0 fully saturated rings. The van der Waals surface area contributed by atoms with Crippen molar-refractivity contribution in [2.45, 2.75) is 58.9 Å². The number of benzene rings is 2. The first-order valence-electron chi connectivity index (χ1n) is 11.2. The zero-order chi connectivity index (χ0) is 23.1. The fourth-order valence-electron chi connectivity index (χ4n) is 3.56. The number of aromatic nitrogens is 2. The third-order valence-corrected chi connectivity index (χ3v) is 5.52. The van der Waals surface area contributed by atoms with Crippen molar-refractivity contribution in [2.75, 3.05) is 6.61 Å². The van der Waals surface area contributed by atoms with Crippen LogP contribution in [0.2, 0.25) is 0 Å². The summed E-state index contributed by atoms with van der Waals surface area (Å²) in [4.78, 5) is 38.1. The molecule has 0 aliphatic carbocycles. The van der Waals surface area contributed by atoms with Crippen molar-refractivity contribution >= 4 is 22.5 Å². The minimum absolute atomic E-state index is 0.0543. The molecule has 3 aromatic rings. The average Bonchev–Trinajstić information content (AvgIpc) is 2.81. The number of carbonyl (C=O) groups excluding carboxylic acids is 2. The highest BCUT2D eigenvalue weighted by Gasteiger charge is 2.19. The molecule has 3 rings (SSSR count). The normalized spacial score (nSPS) is 11.1. The lowest BCUT2D eigenvalue weighted by molar-refractivity contribution is 0.0468. The predicted molar refractivity (Wildman–Crippen MR) is 125 cm³/mol. The number of esters is 1. The molecule has 0 aliphatic heterocycles. The molecule has 0 radical (unpaired) electrons. The van der Waals surface area contributed by atoms with Crippen molar-refractivity contribution in [1.29, 1.82) is 0 Å². The largest absolute Gasteiger partial charge is 0.452 e. The number of Topliss-reactive ketones (excluding diaryl/α,β-unsaturated/α-hetero) is 1. The third kappa shape index (κ3) is 5.49. The lowest BCUT2D eigenvalue weighted by Crippen LogP contribution is -2.27. The van der Waals surface area contributed by atoms with E-state index in [0.717, 1.165) is 31.2 Å². The van der Waals surface area contributed by atoms with Gasteiger partial charge in [0.05, 0.1) is 5.39 Å². The Balaban J connectivity index is 1.78.